The minimum absolute atomic E-state index is 0.369. The van der Waals surface area contributed by atoms with Crippen molar-refractivity contribution in [2.24, 2.45) is 5.10 Å². The SMILES string of the molecule is C/C(=N/Nc1cc(Cl)nc(-c2ccccc2)n1)c1ccc(I)cc1. The Balaban J connectivity index is 1.84. The molecule has 0 aliphatic heterocycles. The summed E-state index contributed by atoms with van der Waals surface area (Å²) < 4.78 is 1.19. The van der Waals surface area contributed by atoms with Gasteiger partial charge < -0.3 is 0 Å². The number of hydrogen-bond acceptors (Lipinski definition) is 4. The molecule has 6 heteroatoms. The normalized spacial score (nSPS) is 11.4. The lowest BCUT2D eigenvalue weighted by Crippen LogP contribution is -2.02. The molecule has 1 aromatic heterocycles. The number of hydrazone groups is 1. The van der Waals surface area contributed by atoms with E-state index in [1.165, 1.54) is 3.57 Å². The zero-order valence-electron chi connectivity index (χ0n) is 12.9. The van der Waals surface area contributed by atoms with Gasteiger partial charge in [-0.3, -0.25) is 5.43 Å². The fourth-order valence-electron chi connectivity index (χ4n) is 2.09. The van der Waals surface area contributed by atoms with Crippen LogP contribution >= 0.6 is 34.2 Å². The summed E-state index contributed by atoms with van der Waals surface area (Å²) in [6.45, 7) is 1.94. The maximum absolute atomic E-state index is 6.11. The minimum Gasteiger partial charge on any atom is -0.261 e. The van der Waals surface area contributed by atoms with Gasteiger partial charge >= 0.3 is 0 Å². The molecule has 0 bridgehead atoms. The first-order chi connectivity index (χ1) is 11.6. The standard InChI is InChI=1S/C18H14ClIN4/c1-12(13-7-9-15(20)10-8-13)23-24-17-11-16(19)21-18(22-17)14-5-3-2-4-6-14/h2-11H,1H3,(H,21,22,24)/b23-12-. The smallest absolute Gasteiger partial charge is 0.163 e. The Bertz CT molecular complexity index is 864. The molecule has 0 unspecified atom stereocenters. The minimum atomic E-state index is 0.369. The summed E-state index contributed by atoms with van der Waals surface area (Å²) >= 11 is 8.39. The predicted octanol–water partition coefficient (Wildman–Crippen LogP) is 5.24. The number of nitrogens with zero attached hydrogens (tertiary/aromatic N) is 3. The summed E-state index contributed by atoms with van der Waals surface area (Å²) in [7, 11) is 0. The first-order valence-corrected chi connectivity index (χ1v) is 8.74. The predicted molar refractivity (Wildman–Crippen MR) is 107 cm³/mol. The summed E-state index contributed by atoms with van der Waals surface area (Å²) in [6.07, 6.45) is 0. The number of hydrogen-bond donors (Lipinski definition) is 1. The average Bonchev–Trinajstić information content (AvgIpc) is 2.60. The van der Waals surface area contributed by atoms with Crippen LogP contribution in [0.15, 0.2) is 65.8 Å². The zero-order chi connectivity index (χ0) is 16.9. The lowest BCUT2D eigenvalue weighted by Gasteiger charge is -2.06. The van der Waals surface area contributed by atoms with Crippen molar-refractivity contribution in [3.63, 3.8) is 0 Å². The molecular weight excluding hydrogens is 435 g/mol. The quantitative estimate of drug-likeness (QED) is 0.257. The van der Waals surface area contributed by atoms with Crippen LogP contribution in [0, 0.1) is 3.57 Å². The van der Waals surface area contributed by atoms with Crippen LogP contribution in [0.5, 0.6) is 0 Å². The van der Waals surface area contributed by atoms with Gasteiger partial charge in [-0.05, 0) is 47.2 Å². The van der Waals surface area contributed by atoms with Crippen molar-refractivity contribution in [1.29, 1.82) is 0 Å². The largest absolute Gasteiger partial charge is 0.261 e. The molecule has 0 fully saturated rings. The van der Waals surface area contributed by atoms with Crippen LogP contribution in [-0.2, 0) is 0 Å². The number of aromatic nitrogens is 2. The third-order valence-electron chi connectivity index (χ3n) is 3.33. The number of halogens is 2. The van der Waals surface area contributed by atoms with E-state index in [9.17, 15) is 0 Å². The van der Waals surface area contributed by atoms with Gasteiger partial charge in [0.25, 0.3) is 0 Å². The van der Waals surface area contributed by atoms with E-state index in [1.54, 1.807) is 6.07 Å². The number of benzene rings is 2. The second-order valence-corrected chi connectivity index (χ2v) is 6.71. The van der Waals surface area contributed by atoms with Gasteiger partial charge in [-0.15, -0.1) is 0 Å². The van der Waals surface area contributed by atoms with Crippen molar-refractivity contribution >= 4 is 45.7 Å². The van der Waals surface area contributed by atoms with E-state index in [2.05, 4.69) is 43.1 Å². The Morgan fingerprint density at radius 3 is 2.46 bits per heavy atom. The van der Waals surface area contributed by atoms with Crippen LogP contribution < -0.4 is 5.43 Å². The molecule has 0 radical (unpaired) electrons. The molecule has 4 nitrogen and oxygen atoms in total. The Morgan fingerprint density at radius 1 is 1.04 bits per heavy atom. The molecule has 0 saturated heterocycles. The van der Waals surface area contributed by atoms with Gasteiger partial charge in [0.1, 0.15) is 5.15 Å². The highest BCUT2D eigenvalue weighted by Gasteiger charge is 2.05. The topological polar surface area (TPSA) is 50.2 Å². The molecule has 3 aromatic rings. The maximum Gasteiger partial charge on any atom is 0.163 e. The molecule has 0 saturated carbocycles. The van der Waals surface area contributed by atoms with Crippen molar-refractivity contribution in [3.05, 3.63) is 75.0 Å². The van der Waals surface area contributed by atoms with Crippen molar-refractivity contribution in [1.82, 2.24) is 9.97 Å². The first kappa shape index (κ1) is 16.9. The molecular formula is C18H14ClIN4. The third-order valence-corrected chi connectivity index (χ3v) is 4.24. The molecule has 0 aliphatic rings. The summed E-state index contributed by atoms with van der Waals surface area (Å²) in [5, 5.41) is 4.75. The van der Waals surface area contributed by atoms with Crippen LogP contribution in [0.3, 0.4) is 0 Å². The average molecular weight is 449 g/mol. The van der Waals surface area contributed by atoms with Gasteiger partial charge in [-0.1, -0.05) is 54.1 Å². The number of anilines is 1. The van der Waals surface area contributed by atoms with Crippen LogP contribution in [0.25, 0.3) is 11.4 Å². The van der Waals surface area contributed by atoms with Gasteiger partial charge in [0, 0.05) is 15.2 Å². The fourth-order valence-corrected chi connectivity index (χ4v) is 2.63. The lowest BCUT2D eigenvalue weighted by molar-refractivity contribution is 1.14. The molecule has 0 atom stereocenters. The monoisotopic (exact) mass is 448 g/mol. The summed E-state index contributed by atoms with van der Waals surface area (Å²) in [5.74, 6) is 1.12. The molecule has 24 heavy (non-hydrogen) atoms. The Kier molecular flexibility index (Phi) is 5.42. The molecule has 0 aliphatic carbocycles. The Labute approximate surface area is 159 Å². The maximum atomic E-state index is 6.11. The van der Waals surface area contributed by atoms with Crippen LogP contribution in [0.4, 0.5) is 5.82 Å². The second kappa shape index (κ2) is 7.72. The lowest BCUT2D eigenvalue weighted by atomic mass is 10.1. The molecule has 3 rings (SSSR count). The Morgan fingerprint density at radius 2 is 1.75 bits per heavy atom. The van der Waals surface area contributed by atoms with Crippen LogP contribution in [-0.4, -0.2) is 15.7 Å². The first-order valence-electron chi connectivity index (χ1n) is 7.28. The summed E-state index contributed by atoms with van der Waals surface area (Å²) in [5.41, 5.74) is 5.77. The van der Waals surface area contributed by atoms with E-state index in [0.717, 1.165) is 16.8 Å². The molecule has 1 heterocycles. The highest BCUT2D eigenvalue weighted by Crippen LogP contribution is 2.20. The molecule has 120 valence electrons. The third kappa shape index (κ3) is 4.30. The second-order valence-electron chi connectivity index (χ2n) is 5.08. The highest BCUT2D eigenvalue weighted by molar-refractivity contribution is 14.1. The van der Waals surface area contributed by atoms with Crippen LogP contribution in [0.1, 0.15) is 12.5 Å². The number of nitrogens with one attached hydrogen (secondary N) is 1. The van der Waals surface area contributed by atoms with Gasteiger partial charge in [0.15, 0.2) is 11.6 Å². The molecule has 0 spiro atoms. The van der Waals surface area contributed by atoms with E-state index in [1.807, 2.05) is 61.5 Å². The van der Waals surface area contributed by atoms with E-state index < -0.39 is 0 Å². The molecule has 2 aromatic carbocycles. The van der Waals surface area contributed by atoms with E-state index in [4.69, 9.17) is 11.6 Å². The van der Waals surface area contributed by atoms with Crippen molar-refractivity contribution < 1.29 is 0 Å². The van der Waals surface area contributed by atoms with E-state index >= 15 is 0 Å². The number of rotatable bonds is 4. The van der Waals surface area contributed by atoms with Gasteiger partial charge in [-0.25, -0.2) is 9.97 Å². The fraction of sp³-hybridized carbons (Fsp3) is 0.0556. The molecule has 0 amide bonds. The Hall–Kier alpha value is -1.99. The van der Waals surface area contributed by atoms with Crippen molar-refractivity contribution in [2.45, 2.75) is 6.92 Å². The van der Waals surface area contributed by atoms with Gasteiger partial charge in [-0.2, -0.15) is 5.10 Å². The summed E-state index contributed by atoms with van der Waals surface area (Å²) in [4.78, 5) is 8.73. The van der Waals surface area contributed by atoms with Gasteiger partial charge in [0.05, 0.1) is 5.71 Å². The highest BCUT2D eigenvalue weighted by atomic mass is 127. The molecule has 1 N–H and O–H groups in total. The zero-order valence-corrected chi connectivity index (χ0v) is 15.8. The van der Waals surface area contributed by atoms with Crippen LogP contribution in [0.2, 0.25) is 5.15 Å². The van der Waals surface area contributed by atoms with Crippen molar-refractivity contribution in [2.75, 3.05) is 5.43 Å². The van der Waals surface area contributed by atoms with Gasteiger partial charge in [0.2, 0.25) is 0 Å². The van der Waals surface area contributed by atoms with Crippen molar-refractivity contribution in [3.8, 4) is 11.4 Å². The van der Waals surface area contributed by atoms with E-state index in [0.29, 0.717) is 16.8 Å². The summed E-state index contributed by atoms with van der Waals surface area (Å²) in [6, 6.07) is 19.5. The van der Waals surface area contributed by atoms with E-state index in [-0.39, 0.29) is 0 Å².